The average Bonchev–Trinajstić information content (AvgIpc) is 2.83. The number of benzene rings is 1. The maximum Gasteiger partial charge on any atom is 0.310 e. The Balaban J connectivity index is 2.19. The van der Waals surface area contributed by atoms with Crippen LogP contribution in [-0.4, -0.2) is 34.2 Å². The fourth-order valence-electron chi connectivity index (χ4n) is 2.90. The Morgan fingerprint density at radius 1 is 1.55 bits per heavy atom. The summed E-state index contributed by atoms with van der Waals surface area (Å²) in [7, 11) is 0. The summed E-state index contributed by atoms with van der Waals surface area (Å²) in [6.07, 6.45) is 1.16. The van der Waals surface area contributed by atoms with Crippen LogP contribution in [0.1, 0.15) is 38.3 Å². The largest absolute Gasteiger partial charge is 0.508 e. The van der Waals surface area contributed by atoms with Crippen molar-refractivity contribution >= 4 is 5.97 Å². The van der Waals surface area contributed by atoms with Gasteiger partial charge in [0.25, 0.3) is 0 Å². The summed E-state index contributed by atoms with van der Waals surface area (Å²) in [5.74, 6) is -1.34. The topological polar surface area (TPSA) is 60.8 Å². The Morgan fingerprint density at radius 3 is 2.75 bits per heavy atom. The molecule has 0 bridgehead atoms. The minimum absolute atomic E-state index is 0.103. The van der Waals surface area contributed by atoms with Crippen LogP contribution in [0, 0.1) is 11.2 Å². The van der Waals surface area contributed by atoms with Crippen molar-refractivity contribution in [2.75, 3.05) is 13.1 Å². The smallest absolute Gasteiger partial charge is 0.310 e. The van der Waals surface area contributed by atoms with Crippen LogP contribution in [0.2, 0.25) is 0 Å². The zero-order valence-corrected chi connectivity index (χ0v) is 11.8. The van der Waals surface area contributed by atoms with Crippen molar-refractivity contribution in [1.82, 2.24) is 4.90 Å². The third-order valence-electron chi connectivity index (χ3n) is 4.50. The first-order chi connectivity index (χ1) is 9.39. The minimum atomic E-state index is -0.777. The van der Waals surface area contributed by atoms with Gasteiger partial charge in [-0.2, -0.15) is 0 Å². The summed E-state index contributed by atoms with van der Waals surface area (Å²) >= 11 is 0. The van der Waals surface area contributed by atoms with Crippen LogP contribution in [0.3, 0.4) is 0 Å². The van der Waals surface area contributed by atoms with Crippen LogP contribution in [0.15, 0.2) is 18.2 Å². The minimum Gasteiger partial charge on any atom is -0.508 e. The number of aliphatic carboxylic acids is 1. The van der Waals surface area contributed by atoms with Crippen LogP contribution < -0.4 is 0 Å². The predicted molar refractivity (Wildman–Crippen MR) is 73.0 cm³/mol. The maximum atomic E-state index is 13.9. The summed E-state index contributed by atoms with van der Waals surface area (Å²) in [5.41, 5.74) is -0.234. The highest BCUT2D eigenvalue weighted by molar-refractivity contribution is 5.75. The molecule has 2 N–H and O–H groups in total. The van der Waals surface area contributed by atoms with Gasteiger partial charge in [0.15, 0.2) is 0 Å². The number of carbonyl (C=O) groups is 1. The Kier molecular flexibility index (Phi) is 3.99. The number of phenolic OH excluding ortho intramolecular Hbond substituents is 1. The standard InChI is InChI=1S/C15H20FNO3/c1-3-15(14(19)20)6-7-17(9-15)10(2)12-5-4-11(18)8-13(12)16/h4-5,8,10,18H,3,6-7,9H2,1-2H3,(H,19,20). The van der Waals surface area contributed by atoms with E-state index in [0.717, 1.165) is 6.07 Å². The molecular weight excluding hydrogens is 261 g/mol. The number of hydrogen-bond acceptors (Lipinski definition) is 3. The summed E-state index contributed by atoms with van der Waals surface area (Å²) in [6.45, 7) is 4.81. The third-order valence-corrected chi connectivity index (χ3v) is 4.50. The highest BCUT2D eigenvalue weighted by atomic mass is 19.1. The fraction of sp³-hybridized carbons (Fsp3) is 0.533. The molecule has 5 heteroatoms. The Morgan fingerprint density at radius 2 is 2.25 bits per heavy atom. The first-order valence-corrected chi connectivity index (χ1v) is 6.85. The highest BCUT2D eigenvalue weighted by Gasteiger charge is 2.44. The van der Waals surface area contributed by atoms with Gasteiger partial charge >= 0.3 is 5.97 Å². The maximum absolute atomic E-state index is 13.9. The zero-order valence-electron chi connectivity index (χ0n) is 11.8. The summed E-state index contributed by atoms with van der Waals surface area (Å²) in [6, 6.07) is 3.90. The van der Waals surface area contributed by atoms with E-state index >= 15 is 0 Å². The summed E-state index contributed by atoms with van der Waals surface area (Å²) < 4.78 is 13.9. The molecule has 4 nitrogen and oxygen atoms in total. The van der Waals surface area contributed by atoms with Crippen LogP contribution in [-0.2, 0) is 4.79 Å². The molecule has 1 saturated heterocycles. The molecule has 0 saturated carbocycles. The van der Waals surface area contributed by atoms with Crippen LogP contribution in [0.4, 0.5) is 4.39 Å². The van der Waals surface area contributed by atoms with Gasteiger partial charge in [0, 0.05) is 24.2 Å². The second-order valence-corrected chi connectivity index (χ2v) is 5.54. The van der Waals surface area contributed by atoms with Crippen molar-refractivity contribution in [3.8, 4) is 5.75 Å². The van der Waals surface area contributed by atoms with E-state index in [2.05, 4.69) is 0 Å². The molecule has 1 heterocycles. The van der Waals surface area contributed by atoms with Crippen molar-refractivity contribution in [2.24, 2.45) is 5.41 Å². The Bertz CT molecular complexity index is 520. The molecule has 1 aliphatic rings. The number of hydrogen-bond donors (Lipinski definition) is 2. The molecule has 1 fully saturated rings. The molecule has 1 aromatic rings. The first-order valence-electron chi connectivity index (χ1n) is 6.85. The molecule has 0 aromatic heterocycles. The molecule has 0 radical (unpaired) electrons. The number of phenols is 1. The Hall–Kier alpha value is -1.62. The molecule has 110 valence electrons. The van der Waals surface area contributed by atoms with E-state index in [1.807, 2.05) is 18.7 Å². The molecule has 2 unspecified atom stereocenters. The molecule has 20 heavy (non-hydrogen) atoms. The molecule has 0 amide bonds. The number of carboxylic acids is 1. The molecule has 2 atom stereocenters. The van der Waals surface area contributed by atoms with Gasteiger partial charge in [-0.1, -0.05) is 13.0 Å². The van der Waals surface area contributed by atoms with E-state index in [1.165, 1.54) is 6.07 Å². The van der Waals surface area contributed by atoms with Crippen molar-refractivity contribution in [3.05, 3.63) is 29.6 Å². The number of aromatic hydroxyl groups is 1. The second-order valence-electron chi connectivity index (χ2n) is 5.54. The number of rotatable bonds is 4. The third kappa shape index (κ3) is 2.50. The van der Waals surface area contributed by atoms with Gasteiger partial charge in [0.05, 0.1) is 5.41 Å². The SMILES string of the molecule is CCC1(C(=O)O)CCN(C(C)c2ccc(O)cc2F)C1. The van der Waals surface area contributed by atoms with Gasteiger partial charge in [-0.25, -0.2) is 4.39 Å². The lowest BCUT2D eigenvalue weighted by Crippen LogP contribution is -2.35. The monoisotopic (exact) mass is 281 g/mol. The van der Waals surface area contributed by atoms with Crippen molar-refractivity contribution in [3.63, 3.8) is 0 Å². The van der Waals surface area contributed by atoms with Gasteiger partial charge in [-0.15, -0.1) is 0 Å². The molecular formula is C15H20FNO3. The van der Waals surface area contributed by atoms with E-state index in [9.17, 15) is 19.4 Å². The van der Waals surface area contributed by atoms with E-state index in [0.29, 0.717) is 31.5 Å². The van der Waals surface area contributed by atoms with E-state index in [1.54, 1.807) is 6.07 Å². The lowest BCUT2D eigenvalue weighted by Gasteiger charge is -2.28. The van der Waals surface area contributed by atoms with Crippen LogP contribution >= 0.6 is 0 Å². The van der Waals surface area contributed by atoms with Gasteiger partial charge in [-0.05, 0) is 32.4 Å². The second kappa shape index (κ2) is 5.40. The van der Waals surface area contributed by atoms with Crippen molar-refractivity contribution in [1.29, 1.82) is 0 Å². The number of likely N-dealkylation sites (tertiary alicyclic amines) is 1. The Labute approximate surface area is 117 Å². The normalized spacial score (nSPS) is 24.8. The quantitative estimate of drug-likeness (QED) is 0.891. The molecule has 2 rings (SSSR count). The van der Waals surface area contributed by atoms with E-state index < -0.39 is 17.2 Å². The number of halogens is 1. The van der Waals surface area contributed by atoms with Gasteiger partial charge < -0.3 is 10.2 Å². The van der Waals surface area contributed by atoms with Crippen LogP contribution in [0.5, 0.6) is 5.75 Å². The van der Waals surface area contributed by atoms with E-state index in [-0.39, 0.29) is 11.8 Å². The fourth-order valence-corrected chi connectivity index (χ4v) is 2.90. The molecule has 0 aliphatic carbocycles. The summed E-state index contributed by atoms with van der Waals surface area (Å²) in [5, 5.41) is 18.6. The highest BCUT2D eigenvalue weighted by Crippen LogP contribution is 2.38. The number of carboxylic acid groups (broad SMARTS) is 1. The van der Waals surface area contributed by atoms with Gasteiger partial charge in [-0.3, -0.25) is 9.69 Å². The lowest BCUT2D eigenvalue weighted by atomic mass is 9.84. The van der Waals surface area contributed by atoms with E-state index in [4.69, 9.17) is 0 Å². The first kappa shape index (κ1) is 14.8. The molecule has 1 aromatic carbocycles. The number of nitrogens with zero attached hydrogens (tertiary/aromatic N) is 1. The van der Waals surface area contributed by atoms with Crippen LogP contribution in [0.25, 0.3) is 0 Å². The van der Waals surface area contributed by atoms with Gasteiger partial charge in [0.1, 0.15) is 11.6 Å². The summed E-state index contributed by atoms with van der Waals surface area (Å²) in [4.78, 5) is 13.4. The molecule has 0 spiro atoms. The van der Waals surface area contributed by atoms with Crippen molar-refractivity contribution in [2.45, 2.75) is 32.7 Å². The lowest BCUT2D eigenvalue weighted by molar-refractivity contribution is -0.148. The van der Waals surface area contributed by atoms with Crippen molar-refractivity contribution < 1.29 is 19.4 Å². The molecule has 1 aliphatic heterocycles. The van der Waals surface area contributed by atoms with Gasteiger partial charge in [0.2, 0.25) is 0 Å². The zero-order chi connectivity index (χ0) is 14.9. The predicted octanol–water partition coefficient (Wildman–Crippen LogP) is 2.78. The average molecular weight is 281 g/mol.